The van der Waals surface area contributed by atoms with Crippen LogP contribution in [-0.4, -0.2) is 91.5 Å². The Kier molecular flexibility index (Phi) is 13.4. The van der Waals surface area contributed by atoms with Gasteiger partial charge in [-0.1, -0.05) is 38.5 Å². The fraction of sp³-hybridized carbons (Fsp3) is 0.474. The average Bonchev–Trinajstić information content (AvgIpc) is 3.75. The number of aromatic nitrogens is 1. The summed E-state index contributed by atoms with van der Waals surface area (Å²) in [4.78, 5) is 69.5. The number of morpholine rings is 1. The average molecular weight is 785 g/mol. The number of nitrogens with one attached hydrogen (secondary N) is 3. The van der Waals surface area contributed by atoms with E-state index >= 15 is 0 Å². The number of amides is 5. The molecule has 3 aliphatic heterocycles. The first-order chi connectivity index (χ1) is 26.6. The summed E-state index contributed by atoms with van der Waals surface area (Å²) in [5.41, 5.74) is 0.717. The Labute approximate surface area is 319 Å². The molecule has 17 heteroatoms. The third-order valence-electron chi connectivity index (χ3n) is 9.72. The number of hydrogen-bond donors (Lipinski definition) is 3. The maximum Gasteiger partial charge on any atom is 0.262 e. The van der Waals surface area contributed by atoms with Gasteiger partial charge in [0.2, 0.25) is 17.6 Å². The van der Waals surface area contributed by atoms with Crippen LogP contribution in [0, 0.1) is 17.5 Å². The van der Waals surface area contributed by atoms with Crippen molar-refractivity contribution in [3.8, 4) is 17.0 Å². The molecule has 3 aliphatic rings. The highest BCUT2D eigenvalue weighted by molar-refractivity contribution is 7.14. The first-order valence-corrected chi connectivity index (χ1v) is 19.5. The van der Waals surface area contributed by atoms with E-state index in [0.29, 0.717) is 45.1 Å². The number of benzene rings is 2. The van der Waals surface area contributed by atoms with Crippen LogP contribution in [0.4, 0.5) is 24.0 Å². The van der Waals surface area contributed by atoms with Crippen LogP contribution in [0.1, 0.15) is 84.9 Å². The Bertz CT molecular complexity index is 1920. The molecule has 1 atom stereocenters. The van der Waals surface area contributed by atoms with Gasteiger partial charge >= 0.3 is 0 Å². The van der Waals surface area contributed by atoms with Crippen LogP contribution in [0.2, 0.25) is 0 Å². The van der Waals surface area contributed by atoms with Crippen LogP contribution >= 0.6 is 11.3 Å². The normalized spacial score (nSPS) is 17.0. The summed E-state index contributed by atoms with van der Waals surface area (Å²) in [6, 6.07) is 3.61. The number of carbonyl (C=O) groups is 5. The number of ether oxygens (including phenoxy) is 2. The molecule has 3 aromatic rings. The minimum atomic E-state index is -1.17. The standard InChI is InChI=1S/C38H43F3N6O7S/c39-26-10-9-23(29-22-55-38(44-29)46-15-17-53-18-16-46)34(33(26)41)54-21-32(49)43-14-8-6-4-2-1-3-5-7-13-42-28-20-25-24(19-27(28)40)36(51)47(37(25)52)30-11-12-31(48)45-35(30)50/h9-10,19-20,22,30,42H,1-8,11-18,21H2,(H,43,49)(H,45,48,50). The monoisotopic (exact) mass is 784 g/mol. The zero-order valence-electron chi connectivity index (χ0n) is 30.2. The van der Waals surface area contributed by atoms with Crippen molar-refractivity contribution in [3.05, 3.63) is 58.2 Å². The molecule has 1 aromatic heterocycles. The Morgan fingerprint density at radius 1 is 0.891 bits per heavy atom. The molecule has 1 unspecified atom stereocenters. The Morgan fingerprint density at radius 3 is 2.27 bits per heavy atom. The van der Waals surface area contributed by atoms with Gasteiger partial charge in [0.05, 0.1) is 35.7 Å². The third-order valence-corrected chi connectivity index (χ3v) is 10.6. The first kappa shape index (κ1) is 39.7. The van der Waals surface area contributed by atoms with Crippen LogP contribution in [0.25, 0.3) is 11.3 Å². The quantitative estimate of drug-likeness (QED) is 0.116. The summed E-state index contributed by atoms with van der Waals surface area (Å²) in [7, 11) is 0. The zero-order chi connectivity index (χ0) is 38.9. The van der Waals surface area contributed by atoms with Crippen molar-refractivity contribution in [2.24, 2.45) is 0 Å². The van der Waals surface area contributed by atoms with Crippen molar-refractivity contribution < 1.29 is 46.6 Å². The number of unbranched alkanes of at least 4 members (excludes halogenated alkanes) is 7. The van der Waals surface area contributed by atoms with Gasteiger partial charge in [0.1, 0.15) is 11.9 Å². The number of halogens is 3. The number of thiazole rings is 1. The second kappa shape index (κ2) is 18.5. The molecule has 2 aromatic carbocycles. The largest absolute Gasteiger partial charge is 0.480 e. The Morgan fingerprint density at radius 2 is 1.56 bits per heavy atom. The van der Waals surface area contributed by atoms with E-state index in [1.807, 2.05) is 0 Å². The van der Waals surface area contributed by atoms with Crippen molar-refractivity contribution in [2.45, 2.75) is 70.3 Å². The lowest BCUT2D eigenvalue weighted by molar-refractivity contribution is -0.136. The molecule has 3 N–H and O–H groups in total. The summed E-state index contributed by atoms with van der Waals surface area (Å²) in [6.07, 6.45) is 7.32. The van der Waals surface area contributed by atoms with Crippen LogP contribution in [0.5, 0.6) is 5.75 Å². The van der Waals surface area contributed by atoms with E-state index in [9.17, 15) is 37.1 Å². The molecule has 13 nitrogen and oxygen atoms in total. The molecule has 0 spiro atoms. The number of fused-ring (bicyclic) bond motifs is 1. The summed E-state index contributed by atoms with van der Waals surface area (Å²) in [6.45, 7) is 2.97. The minimum absolute atomic E-state index is 0.00138. The van der Waals surface area contributed by atoms with Gasteiger partial charge in [0, 0.05) is 43.5 Å². The van der Waals surface area contributed by atoms with Gasteiger partial charge in [-0.3, -0.25) is 34.2 Å². The molecule has 2 fully saturated rings. The number of rotatable bonds is 18. The Hall–Kier alpha value is -5.03. The summed E-state index contributed by atoms with van der Waals surface area (Å²) < 4.78 is 54.6. The Balaban J connectivity index is 0.831. The van der Waals surface area contributed by atoms with E-state index in [1.54, 1.807) is 5.38 Å². The predicted molar refractivity (Wildman–Crippen MR) is 198 cm³/mol. The van der Waals surface area contributed by atoms with Gasteiger partial charge in [0.25, 0.3) is 17.7 Å². The lowest BCUT2D eigenvalue weighted by atomic mass is 10.0. The topological polar surface area (TPSA) is 159 Å². The second-order valence-electron chi connectivity index (χ2n) is 13.6. The van der Waals surface area contributed by atoms with Crippen LogP contribution in [-0.2, 0) is 19.1 Å². The number of nitrogens with zero attached hydrogens (tertiary/aromatic N) is 3. The summed E-state index contributed by atoms with van der Waals surface area (Å²) >= 11 is 1.39. The van der Waals surface area contributed by atoms with Crippen molar-refractivity contribution in [1.29, 1.82) is 0 Å². The van der Waals surface area contributed by atoms with E-state index in [2.05, 4.69) is 25.8 Å². The number of carbonyl (C=O) groups excluding carboxylic acids is 5. The molecule has 0 radical (unpaired) electrons. The fourth-order valence-corrected chi connectivity index (χ4v) is 7.62. The maximum absolute atomic E-state index is 14.8. The number of piperidine rings is 1. The van der Waals surface area contributed by atoms with Gasteiger partial charge in [-0.05, 0) is 43.5 Å². The minimum Gasteiger partial charge on any atom is -0.480 e. The highest BCUT2D eigenvalue weighted by Gasteiger charge is 2.45. The van der Waals surface area contributed by atoms with E-state index < -0.39 is 59.6 Å². The summed E-state index contributed by atoms with van der Waals surface area (Å²) in [5.74, 6) is -6.35. The van der Waals surface area contributed by atoms with Gasteiger partial charge in [-0.25, -0.2) is 13.8 Å². The van der Waals surface area contributed by atoms with Crippen molar-refractivity contribution in [2.75, 3.05) is 56.2 Å². The van der Waals surface area contributed by atoms with E-state index in [-0.39, 0.29) is 41.0 Å². The molecule has 6 rings (SSSR count). The number of imide groups is 2. The lowest BCUT2D eigenvalue weighted by Crippen LogP contribution is -2.54. The molecule has 0 aliphatic carbocycles. The molecule has 294 valence electrons. The van der Waals surface area contributed by atoms with Crippen molar-refractivity contribution in [1.82, 2.24) is 20.5 Å². The SMILES string of the molecule is O=C(COc1c(-c2csc(N3CCOCC3)n2)ccc(F)c1F)NCCCCCCCCCCNc1cc2c(cc1F)C(=O)N(C1CCC(=O)NC1=O)C2=O. The molecule has 0 saturated carbocycles. The van der Waals surface area contributed by atoms with E-state index in [4.69, 9.17) is 9.47 Å². The zero-order valence-corrected chi connectivity index (χ0v) is 31.0. The van der Waals surface area contributed by atoms with Gasteiger partial charge < -0.3 is 25.0 Å². The van der Waals surface area contributed by atoms with Gasteiger partial charge in [0.15, 0.2) is 23.3 Å². The molecule has 0 bridgehead atoms. The molecular formula is C38H43F3N6O7S. The third kappa shape index (κ3) is 9.62. The van der Waals surface area contributed by atoms with Crippen molar-refractivity contribution >= 4 is 51.7 Å². The van der Waals surface area contributed by atoms with E-state index in [0.717, 1.165) is 73.5 Å². The lowest BCUT2D eigenvalue weighted by Gasteiger charge is -2.27. The fourth-order valence-electron chi connectivity index (χ4n) is 6.74. The van der Waals surface area contributed by atoms with Gasteiger partial charge in [-0.2, -0.15) is 4.39 Å². The smallest absolute Gasteiger partial charge is 0.262 e. The highest BCUT2D eigenvalue weighted by Crippen LogP contribution is 2.37. The first-order valence-electron chi connectivity index (χ1n) is 18.6. The predicted octanol–water partition coefficient (Wildman–Crippen LogP) is 5.19. The second-order valence-corrected chi connectivity index (χ2v) is 14.4. The van der Waals surface area contributed by atoms with Crippen LogP contribution < -0.4 is 25.6 Å². The molecule has 2 saturated heterocycles. The van der Waals surface area contributed by atoms with Crippen molar-refractivity contribution in [3.63, 3.8) is 0 Å². The van der Waals surface area contributed by atoms with Gasteiger partial charge in [-0.15, -0.1) is 11.3 Å². The molecular weight excluding hydrogens is 742 g/mol. The van der Waals surface area contributed by atoms with Crippen LogP contribution in [0.3, 0.4) is 0 Å². The maximum atomic E-state index is 14.8. The molecule has 55 heavy (non-hydrogen) atoms. The molecule has 4 heterocycles. The van der Waals surface area contributed by atoms with E-state index in [1.165, 1.54) is 23.5 Å². The highest BCUT2D eigenvalue weighted by atomic mass is 32.1. The number of hydrogen-bond acceptors (Lipinski definition) is 11. The summed E-state index contributed by atoms with van der Waals surface area (Å²) in [5, 5.41) is 10.4. The molecule has 5 amide bonds. The number of anilines is 2. The van der Waals surface area contributed by atoms with Crippen LogP contribution in [0.15, 0.2) is 29.6 Å².